The Bertz CT molecular complexity index is 1320. The summed E-state index contributed by atoms with van der Waals surface area (Å²) in [6, 6.07) is 13.2. The number of aromatic carboxylic acids is 1. The summed E-state index contributed by atoms with van der Waals surface area (Å²) in [4.78, 5) is 25.4. The number of anilines is 1. The molecule has 0 bridgehead atoms. The number of carbonyl (C=O) groups excluding carboxylic acids is 1. The second kappa shape index (κ2) is 9.22. The molecule has 2 atom stereocenters. The van der Waals surface area contributed by atoms with Crippen molar-refractivity contribution in [3.05, 3.63) is 75.9 Å². The van der Waals surface area contributed by atoms with Crippen LogP contribution in [0.5, 0.6) is 0 Å². The van der Waals surface area contributed by atoms with Crippen LogP contribution in [0.3, 0.4) is 0 Å². The van der Waals surface area contributed by atoms with Crippen LogP contribution in [-0.4, -0.2) is 31.2 Å². The van der Waals surface area contributed by atoms with Gasteiger partial charge in [0.1, 0.15) is 5.82 Å². The number of hydrogen-bond donors (Lipinski definition) is 3. The van der Waals surface area contributed by atoms with Gasteiger partial charge in [-0.25, -0.2) is 22.3 Å². The molecule has 2 heterocycles. The van der Waals surface area contributed by atoms with E-state index in [1.54, 1.807) is 18.2 Å². The number of amides is 1. The van der Waals surface area contributed by atoms with Gasteiger partial charge in [-0.1, -0.05) is 23.7 Å². The van der Waals surface area contributed by atoms with Gasteiger partial charge in [-0.2, -0.15) is 0 Å². The van der Waals surface area contributed by atoms with Crippen LogP contribution in [0.1, 0.15) is 27.7 Å². The van der Waals surface area contributed by atoms with Crippen LogP contribution in [0.15, 0.2) is 54.6 Å². The fourth-order valence-corrected chi connectivity index (χ4v) is 6.48. The van der Waals surface area contributed by atoms with E-state index >= 15 is 0 Å². The van der Waals surface area contributed by atoms with Crippen LogP contribution in [0.4, 0.5) is 10.1 Å². The quantitative estimate of drug-likeness (QED) is 0.469. The summed E-state index contributed by atoms with van der Waals surface area (Å²) < 4.78 is 40.9. The molecule has 172 valence electrons. The van der Waals surface area contributed by atoms with E-state index in [9.17, 15) is 22.4 Å². The van der Waals surface area contributed by atoms with Gasteiger partial charge < -0.3 is 10.4 Å². The van der Waals surface area contributed by atoms with E-state index in [1.807, 2.05) is 6.07 Å². The maximum absolute atomic E-state index is 13.4. The first kappa shape index (κ1) is 23.4. The number of hydrogen-bond acceptors (Lipinski definition) is 5. The lowest BCUT2D eigenvalue weighted by atomic mass is 9.99. The number of rotatable bonds is 5. The van der Waals surface area contributed by atoms with Gasteiger partial charge in [0.05, 0.1) is 28.3 Å². The van der Waals surface area contributed by atoms with Crippen LogP contribution in [0.2, 0.25) is 5.02 Å². The highest BCUT2D eigenvalue weighted by molar-refractivity contribution is 7.89. The Hall–Kier alpha value is -2.79. The zero-order valence-electron chi connectivity index (χ0n) is 16.9. The molecule has 1 amide bonds. The molecule has 0 spiro atoms. The molecule has 3 N–H and O–H groups in total. The van der Waals surface area contributed by atoms with Gasteiger partial charge in [0, 0.05) is 15.4 Å². The number of halogens is 2. The highest BCUT2D eigenvalue weighted by Gasteiger charge is 2.36. The molecule has 1 saturated heterocycles. The van der Waals surface area contributed by atoms with E-state index < -0.39 is 39.7 Å². The number of carbonyl (C=O) groups is 2. The maximum Gasteiger partial charge on any atom is 0.335 e. The summed E-state index contributed by atoms with van der Waals surface area (Å²) >= 11 is 7.11. The minimum atomic E-state index is -3.71. The zero-order chi connectivity index (χ0) is 23.8. The largest absolute Gasteiger partial charge is 0.478 e. The van der Waals surface area contributed by atoms with Crippen molar-refractivity contribution in [2.45, 2.75) is 12.5 Å². The number of thiophene rings is 1. The van der Waals surface area contributed by atoms with E-state index in [-0.39, 0.29) is 28.4 Å². The Morgan fingerprint density at radius 3 is 2.52 bits per heavy atom. The first-order chi connectivity index (χ1) is 15.6. The molecule has 1 aromatic heterocycles. The van der Waals surface area contributed by atoms with Crippen molar-refractivity contribution < 1.29 is 27.5 Å². The molecule has 0 radical (unpaired) electrons. The minimum Gasteiger partial charge on any atom is -0.478 e. The van der Waals surface area contributed by atoms with E-state index in [0.717, 1.165) is 21.4 Å². The SMILES string of the molecule is O=C(O)c1ccc(-c2ccc(C3CC(C(=O)Nc4ccc(F)c(Cl)c4)CS(=O)(=O)N3)s2)cc1. The van der Waals surface area contributed by atoms with Gasteiger partial charge >= 0.3 is 5.97 Å². The topological polar surface area (TPSA) is 113 Å². The van der Waals surface area contributed by atoms with Gasteiger partial charge in [-0.15, -0.1) is 11.3 Å². The third-order valence-corrected chi connectivity index (χ3v) is 8.23. The molecular weight excluding hydrogens is 491 g/mol. The molecular formula is C22H18ClFN2O5S2. The molecule has 3 aromatic rings. The smallest absolute Gasteiger partial charge is 0.335 e. The van der Waals surface area contributed by atoms with Gasteiger partial charge in [0.25, 0.3) is 0 Å². The Labute approximate surface area is 198 Å². The lowest BCUT2D eigenvalue weighted by molar-refractivity contribution is -0.119. The van der Waals surface area contributed by atoms with Gasteiger partial charge in [-0.3, -0.25) is 4.79 Å². The summed E-state index contributed by atoms with van der Waals surface area (Å²) in [5, 5.41) is 11.5. The molecule has 1 fully saturated rings. The molecule has 4 rings (SSSR count). The normalized spacial score (nSPS) is 19.7. The number of benzene rings is 2. The summed E-state index contributed by atoms with van der Waals surface area (Å²) in [5.41, 5.74) is 1.26. The van der Waals surface area contributed by atoms with E-state index in [4.69, 9.17) is 16.7 Å². The third kappa shape index (κ3) is 5.41. The summed E-state index contributed by atoms with van der Waals surface area (Å²) in [5.74, 6) is -3.30. The van der Waals surface area contributed by atoms with Gasteiger partial charge in [-0.05, 0) is 54.4 Å². The molecule has 7 nitrogen and oxygen atoms in total. The molecule has 1 aliphatic heterocycles. The Kier molecular flexibility index (Phi) is 6.53. The van der Waals surface area contributed by atoms with Gasteiger partial charge in [0.2, 0.25) is 15.9 Å². The first-order valence-electron chi connectivity index (χ1n) is 9.81. The maximum atomic E-state index is 13.4. The second-order valence-electron chi connectivity index (χ2n) is 7.59. The molecule has 0 aliphatic carbocycles. The van der Waals surface area contributed by atoms with Crippen molar-refractivity contribution in [2.24, 2.45) is 5.92 Å². The van der Waals surface area contributed by atoms with Crippen LogP contribution in [-0.2, 0) is 14.8 Å². The summed E-state index contributed by atoms with van der Waals surface area (Å²) in [7, 11) is -3.71. The van der Waals surface area contributed by atoms with Crippen molar-refractivity contribution >= 4 is 50.5 Å². The van der Waals surface area contributed by atoms with Crippen molar-refractivity contribution in [3.63, 3.8) is 0 Å². The highest BCUT2D eigenvalue weighted by Crippen LogP contribution is 2.36. The van der Waals surface area contributed by atoms with Crippen molar-refractivity contribution in [1.29, 1.82) is 0 Å². The van der Waals surface area contributed by atoms with Crippen molar-refractivity contribution in [1.82, 2.24) is 4.72 Å². The van der Waals surface area contributed by atoms with E-state index in [0.29, 0.717) is 0 Å². The average molecular weight is 509 g/mol. The molecule has 11 heteroatoms. The van der Waals surface area contributed by atoms with Crippen molar-refractivity contribution in [3.8, 4) is 10.4 Å². The number of sulfonamides is 1. The lowest BCUT2D eigenvalue weighted by Crippen LogP contribution is -2.44. The molecule has 0 saturated carbocycles. The van der Waals surface area contributed by atoms with Crippen LogP contribution in [0, 0.1) is 11.7 Å². The van der Waals surface area contributed by atoms with Crippen LogP contribution in [0.25, 0.3) is 10.4 Å². The Morgan fingerprint density at radius 2 is 1.85 bits per heavy atom. The predicted octanol–water partition coefficient (Wildman–Crippen LogP) is 4.52. The lowest BCUT2D eigenvalue weighted by Gasteiger charge is -2.28. The Morgan fingerprint density at radius 1 is 1.12 bits per heavy atom. The molecule has 2 aromatic carbocycles. The zero-order valence-corrected chi connectivity index (χ0v) is 19.3. The monoisotopic (exact) mass is 508 g/mol. The Balaban J connectivity index is 1.52. The van der Waals surface area contributed by atoms with Crippen LogP contribution < -0.4 is 10.0 Å². The highest BCUT2D eigenvalue weighted by atomic mass is 35.5. The minimum absolute atomic E-state index is 0.147. The third-order valence-electron chi connectivity index (χ3n) is 5.21. The predicted molar refractivity (Wildman–Crippen MR) is 125 cm³/mol. The van der Waals surface area contributed by atoms with Crippen molar-refractivity contribution in [2.75, 3.05) is 11.1 Å². The molecule has 2 unspecified atom stereocenters. The fraction of sp³-hybridized carbons (Fsp3) is 0.182. The number of carboxylic acid groups (broad SMARTS) is 1. The van der Waals surface area contributed by atoms with Crippen LogP contribution >= 0.6 is 22.9 Å². The first-order valence-corrected chi connectivity index (χ1v) is 12.7. The average Bonchev–Trinajstić information content (AvgIpc) is 3.26. The van der Waals surface area contributed by atoms with E-state index in [2.05, 4.69) is 10.0 Å². The fourth-order valence-electron chi connectivity index (χ4n) is 3.58. The van der Waals surface area contributed by atoms with E-state index in [1.165, 1.54) is 35.6 Å². The molecule has 1 aliphatic rings. The molecule has 33 heavy (non-hydrogen) atoms. The number of carboxylic acids is 1. The van der Waals surface area contributed by atoms with Gasteiger partial charge in [0.15, 0.2) is 0 Å². The standard InChI is InChI=1S/C22H18ClFN2O5S2/c23-16-10-15(5-6-17(16)24)25-21(27)14-9-18(26-33(30,31)11-14)20-8-7-19(32-20)12-1-3-13(4-2-12)22(28)29/h1-8,10,14,18,26H,9,11H2,(H,25,27)(H,28,29). The second-order valence-corrected chi connectivity index (χ2v) is 10.9. The summed E-state index contributed by atoms with van der Waals surface area (Å²) in [6.45, 7) is 0. The summed E-state index contributed by atoms with van der Waals surface area (Å²) in [6.07, 6.45) is 0.248. The number of nitrogens with one attached hydrogen (secondary N) is 2.